The summed E-state index contributed by atoms with van der Waals surface area (Å²) in [4.78, 5) is 0. The molecule has 1 heterocycles. The first kappa shape index (κ1) is 11.3. The summed E-state index contributed by atoms with van der Waals surface area (Å²) in [6, 6.07) is 4.45. The van der Waals surface area contributed by atoms with Gasteiger partial charge in [-0.1, -0.05) is 0 Å². The van der Waals surface area contributed by atoms with E-state index in [4.69, 9.17) is 9.15 Å². The molecule has 80 valence electrons. The molecule has 1 N–H and O–H groups in total. The van der Waals surface area contributed by atoms with Gasteiger partial charge < -0.3 is 14.5 Å². The maximum Gasteiger partial charge on any atom is 0.117 e. The molecule has 0 aromatic carbocycles. The van der Waals surface area contributed by atoms with Gasteiger partial charge in [-0.05, 0) is 32.4 Å². The third-order valence-electron chi connectivity index (χ3n) is 2.18. The molecule has 1 aromatic heterocycles. The fourth-order valence-corrected chi connectivity index (χ4v) is 1.25. The first-order chi connectivity index (χ1) is 6.72. The molecule has 0 aliphatic heterocycles. The Bertz CT molecular complexity index is 258. The van der Waals surface area contributed by atoms with Gasteiger partial charge in [-0.25, -0.2) is 0 Å². The van der Waals surface area contributed by atoms with Crippen LogP contribution in [-0.2, 0) is 11.3 Å². The highest BCUT2D eigenvalue weighted by molar-refractivity contribution is 5.05. The monoisotopic (exact) mass is 197 g/mol. The van der Waals surface area contributed by atoms with Crippen molar-refractivity contribution in [3.05, 3.63) is 23.7 Å². The largest absolute Gasteiger partial charge is 0.465 e. The van der Waals surface area contributed by atoms with Gasteiger partial charge in [0.05, 0.1) is 6.54 Å². The van der Waals surface area contributed by atoms with Gasteiger partial charge in [0, 0.05) is 19.8 Å². The first-order valence-corrected chi connectivity index (χ1v) is 5.00. The topological polar surface area (TPSA) is 34.4 Å². The summed E-state index contributed by atoms with van der Waals surface area (Å²) in [7, 11) is 1.72. The minimum Gasteiger partial charge on any atom is -0.465 e. The Hall–Kier alpha value is -0.800. The molecule has 0 spiro atoms. The number of rotatable bonds is 6. The molecular formula is C11H19NO2. The Balaban J connectivity index is 2.20. The quantitative estimate of drug-likeness (QED) is 0.758. The minimum atomic E-state index is 0.459. The van der Waals surface area contributed by atoms with Crippen LogP contribution in [0.15, 0.2) is 16.5 Å². The Morgan fingerprint density at radius 1 is 1.50 bits per heavy atom. The Morgan fingerprint density at radius 3 is 2.86 bits per heavy atom. The molecule has 1 atom stereocenters. The van der Waals surface area contributed by atoms with Crippen molar-refractivity contribution in [1.29, 1.82) is 0 Å². The molecule has 1 rings (SSSR count). The molecule has 0 aliphatic carbocycles. The van der Waals surface area contributed by atoms with E-state index < -0.39 is 0 Å². The smallest absolute Gasteiger partial charge is 0.117 e. The second-order valence-corrected chi connectivity index (χ2v) is 3.58. The molecule has 0 bridgehead atoms. The van der Waals surface area contributed by atoms with Crippen LogP contribution in [0.4, 0.5) is 0 Å². The fourth-order valence-electron chi connectivity index (χ4n) is 1.25. The van der Waals surface area contributed by atoms with Crippen molar-refractivity contribution in [2.45, 2.75) is 32.9 Å². The molecular weight excluding hydrogens is 178 g/mol. The number of hydrogen-bond acceptors (Lipinski definition) is 3. The van der Waals surface area contributed by atoms with Crippen LogP contribution in [0.2, 0.25) is 0 Å². The summed E-state index contributed by atoms with van der Waals surface area (Å²) in [5.41, 5.74) is 0. The van der Waals surface area contributed by atoms with Crippen LogP contribution in [0.5, 0.6) is 0 Å². The van der Waals surface area contributed by atoms with Crippen LogP contribution in [-0.4, -0.2) is 19.8 Å². The number of aryl methyl sites for hydroxylation is 1. The molecule has 0 radical (unpaired) electrons. The summed E-state index contributed by atoms with van der Waals surface area (Å²) < 4.78 is 10.4. The number of hydrogen-bond donors (Lipinski definition) is 1. The van der Waals surface area contributed by atoms with Gasteiger partial charge in [-0.15, -0.1) is 0 Å². The van der Waals surface area contributed by atoms with Gasteiger partial charge in [0.1, 0.15) is 11.5 Å². The van der Waals surface area contributed by atoms with E-state index >= 15 is 0 Å². The zero-order valence-electron chi connectivity index (χ0n) is 9.17. The van der Waals surface area contributed by atoms with Gasteiger partial charge in [-0.2, -0.15) is 0 Å². The molecule has 0 aliphatic rings. The maximum atomic E-state index is 5.44. The Kier molecular flexibility index (Phi) is 4.70. The van der Waals surface area contributed by atoms with Gasteiger partial charge >= 0.3 is 0 Å². The van der Waals surface area contributed by atoms with Gasteiger partial charge in [0.25, 0.3) is 0 Å². The van der Waals surface area contributed by atoms with Crippen molar-refractivity contribution < 1.29 is 9.15 Å². The van der Waals surface area contributed by atoms with E-state index in [1.807, 2.05) is 19.1 Å². The van der Waals surface area contributed by atoms with Crippen molar-refractivity contribution >= 4 is 0 Å². The van der Waals surface area contributed by atoms with E-state index in [0.29, 0.717) is 6.04 Å². The zero-order valence-corrected chi connectivity index (χ0v) is 9.17. The van der Waals surface area contributed by atoms with Crippen molar-refractivity contribution in [3.8, 4) is 0 Å². The molecule has 0 fully saturated rings. The van der Waals surface area contributed by atoms with Gasteiger partial charge in [0.2, 0.25) is 0 Å². The van der Waals surface area contributed by atoms with Crippen LogP contribution < -0.4 is 5.32 Å². The van der Waals surface area contributed by atoms with Crippen LogP contribution in [0, 0.1) is 6.92 Å². The van der Waals surface area contributed by atoms with Crippen LogP contribution in [0.1, 0.15) is 24.9 Å². The highest BCUT2D eigenvalue weighted by Gasteiger charge is 2.02. The molecule has 1 aromatic rings. The summed E-state index contributed by atoms with van der Waals surface area (Å²) in [6.07, 6.45) is 1.02. The lowest BCUT2D eigenvalue weighted by Gasteiger charge is -2.11. The van der Waals surface area contributed by atoms with Gasteiger partial charge in [-0.3, -0.25) is 0 Å². The molecule has 0 saturated carbocycles. The van der Waals surface area contributed by atoms with Crippen LogP contribution in [0.25, 0.3) is 0 Å². The van der Waals surface area contributed by atoms with E-state index in [-0.39, 0.29) is 0 Å². The van der Waals surface area contributed by atoms with E-state index in [2.05, 4.69) is 12.2 Å². The van der Waals surface area contributed by atoms with Crippen molar-refractivity contribution in [2.24, 2.45) is 0 Å². The predicted octanol–water partition coefficient (Wildman–Crippen LogP) is 2.10. The second-order valence-electron chi connectivity index (χ2n) is 3.58. The third-order valence-corrected chi connectivity index (χ3v) is 2.18. The summed E-state index contributed by atoms with van der Waals surface area (Å²) >= 11 is 0. The highest BCUT2D eigenvalue weighted by Crippen LogP contribution is 2.06. The Labute approximate surface area is 85.4 Å². The van der Waals surface area contributed by atoms with Crippen molar-refractivity contribution in [3.63, 3.8) is 0 Å². The second kappa shape index (κ2) is 5.83. The number of methoxy groups -OCH3 is 1. The molecule has 0 saturated heterocycles. The average molecular weight is 197 g/mol. The van der Waals surface area contributed by atoms with Crippen LogP contribution in [0.3, 0.4) is 0 Å². The Morgan fingerprint density at radius 2 is 2.29 bits per heavy atom. The zero-order chi connectivity index (χ0) is 10.4. The van der Waals surface area contributed by atoms with E-state index in [0.717, 1.165) is 31.1 Å². The highest BCUT2D eigenvalue weighted by atomic mass is 16.5. The van der Waals surface area contributed by atoms with E-state index in [1.165, 1.54) is 0 Å². The van der Waals surface area contributed by atoms with E-state index in [9.17, 15) is 0 Å². The van der Waals surface area contributed by atoms with E-state index in [1.54, 1.807) is 7.11 Å². The molecule has 3 nitrogen and oxygen atoms in total. The fraction of sp³-hybridized carbons (Fsp3) is 0.636. The predicted molar refractivity (Wildman–Crippen MR) is 56.2 cm³/mol. The first-order valence-electron chi connectivity index (χ1n) is 5.00. The third kappa shape index (κ3) is 3.94. The number of furan rings is 1. The SMILES string of the molecule is COCCC(C)NCc1ccc(C)o1. The lowest BCUT2D eigenvalue weighted by Crippen LogP contribution is -2.26. The number of nitrogens with one attached hydrogen (secondary N) is 1. The average Bonchev–Trinajstić information content (AvgIpc) is 2.58. The standard InChI is InChI=1S/C11H19NO2/c1-9(6-7-13-3)12-8-11-5-4-10(2)14-11/h4-5,9,12H,6-8H2,1-3H3. The lowest BCUT2D eigenvalue weighted by molar-refractivity contribution is 0.184. The van der Waals surface area contributed by atoms with Crippen molar-refractivity contribution in [2.75, 3.05) is 13.7 Å². The molecule has 0 amide bonds. The molecule has 14 heavy (non-hydrogen) atoms. The number of ether oxygens (including phenoxy) is 1. The summed E-state index contributed by atoms with van der Waals surface area (Å²) in [5, 5.41) is 3.37. The summed E-state index contributed by atoms with van der Waals surface area (Å²) in [6.45, 7) is 5.69. The van der Waals surface area contributed by atoms with Gasteiger partial charge in [0.15, 0.2) is 0 Å². The normalized spacial score (nSPS) is 13.1. The molecule has 3 heteroatoms. The van der Waals surface area contributed by atoms with Crippen LogP contribution >= 0.6 is 0 Å². The maximum absolute atomic E-state index is 5.44. The molecule has 1 unspecified atom stereocenters. The minimum absolute atomic E-state index is 0.459. The van der Waals surface area contributed by atoms with Crippen molar-refractivity contribution in [1.82, 2.24) is 5.32 Å². The lowest BCUT2D eigenvalue weighted by atomic mass is 10.2. The summed E-state index contributed by atoms with van der Waals surface area (Å²) in [5.74, 6) is 1.96.